The monoisotopic (exact) mass is 447 g/mol. The smallest absolute Gasteiger partial charge is 0.408 e. The largest absolute Gasteiger partial charge is 0.444 e. The van der Waals surface area contributed by atoms with Gasteiger partial charge in [0, 0.05) is 13.1 Å². The van der Waals surface area contributed by atoms with E-state index in [0.29, 0.717) is 5.56 Å². The van der Waals surface area contributed by atoms with Crippen LogP contribution in [-0.2, 0) is 14.3 Å². The maximum atomic E-state index is 13.2. The Morgan fingerprint density at radius 1 is 1.25 bits per heavy atom. The lowest BCUT2D eigenvalue weighted by atomic mass is 10.0. The van der Waals surface area contributed by atoms with Crippen LogP contribution in [0, 0.1) is 0 Å². The van der Waals surface area contributed by atoms with Crippen molar-refractivity contribution in [2.24, 2.45) is 0 Å². The summed E-state index contributed by atoms with van der Waals surface area (Å²) in [5.74, 6) is -0.970. The summed E-state index contributed by atoms with van der Waals surface area (Å²) in [5.41, 5.74) is 0.629. The molecule has 1 aromatic rings. The van der Waals surface area contributed by atoms with E-state index in [0.717, 1.165) is 18.4 Å². The second-order valence-corrected chi connectivity index (χ2v) is 8.81. The Kier molecular flexibility index (Phi) is 10.4. The van der Waals surface area contributed by atoms with Gasteiger partial charge in [-0.2, -0.15) is 0 Å². The average molecular weight is 448 g/mol. The molecular formula is C24H37N3O5. The third-order valence-corrected chi connectivity index (χ3v) is 4.73. The van der Waals surface area contributed by atoms with Gasteiger partial charge in [0.25, 0.3) is 0 Å². The van der Waals surface area contributed by atoms with Gasteiger partial charge < -0.3 is 25.4 Å². The van der Waals surface area contributed by atoms with Crippen molar-refractivity contribution in [3.63, 3.8) is 0 Å². The number of aliphatic hydroxyl groups is 1. The highest BCUT2D eigenvalue weighted by Crippen LogP contribution is 2.23. The Hall–Kier alpha value is -2.87. The Morgan fingerprint density at radius 3 is 2.44 bits per heavy atom. The number of aliphatic hydroxyl groups excluding tert-OH is 1. The number of nitrogens with one attached hydrogen (secondary N) is 2. The number of benzene rings is 1. The predicted molar refractivity (Wildman–Crippen MR) is 125 cm³/mol. The molecule has 3 unspecified atom stereocenters. The molecule has 1 rings (SSSR count). The molecule has 0 spiro atoms. The second-order valence-electron chi connectivity index (χ2n) is 8.81. The SMILES string of the molecule is C=Cc1cccc(C(C(=O)NC(C)CCC)N(C)C(=O)C(CO)NC(=O)OC(C)(C)C)c1. The molecule has 0 bridgehead atoms. The van der Waals surface area contributed by atoms with Crippen LogP contribution in [0.15, 0.2) is 30.8 Å². The molecule has 3 amide bonds. The van der Waals surface area contributed by atoms with Gasteiger partial charge in [0.15, 0.2) is 0 Å². The zero-order valence-corrected chi connectivity index (χ0v) is 20.0. The highest BCUT2D eigenvalue weighted by molar-refractivity contribution is 5.92. The fraction of sp³-hybridized carbons (Fsp3) is 0.542. The van der Waals surface area contributed by atoms with Crippen LogP contribution in [0.1, 0.15) is 64.6 Å². The number of rotatable bonds is 10. The van der Waals surface area contributed by atoms with E-state index in [1.165, 1.54) is 11.9 Å². The van der Waals surface area contributed by atoms with Gasteiger partial charge in [-0.25, -0.2) is 4.79 Å². The zero-order valence-electron chi connectivity index (χ0n) is 20.0. The maximum absolute atomic E-state index is 13.2. The minimum atomic E-state index is -1.26. The normalized spacial score (nSPS) is 14.0. The molecule has 0 aliphatic carbocycles. The Labute approximate surface area is 191 Å². The molecule has 8 heteroatoms. The predicted octanol–water partition coefficient (Wildman–Crippen LogP) is 3.02. The van der Waals surface area contributed by atoms with Crippen LogP contribution in [0.4, 0.5) is 4.79 Å². The van der Waals surface area contributed by atoms with Crippen LogP contribution in [0.3, 0.4) is 0 Å². The lowest BCUT2D eigenvalue weighted by Crippen LogP contribution is -2.53. The van der Waals surface area contributed by atoms with Crippen LogP contribution in [0.25, 0.3) is 6.08 Å². The van der Waals surface area contributed by atoms with Gasteiger partial charge in [-0.05, 0) is 51.3 Å². The first kappa shape index (κ1) is 27.2. The summed E-state index contributed by atoms with van der Waals surface area (Å²) >= 11 is 0. The van der Waals surface area contributed by atoms with Gasteiger partial charge in [-0.15, -0.1) is 0 Å². The summed E-state index contributed by atoms with van der Waals surface area (Å²) in [4.78, 5) is 39.7. The van der Waals surface area contributed by atoms with E-state index in [9.17, 15) is 19.5 Å². The van der Waals surface area contributed by atoms with Crippen molar-refractivity contribution in [1.29, 1.82) is 0 Å². The maximum Gasteiger partial charge on any atom is 0.408 e. The van der Waals surface area contributed by atoms with Crippen molar-refractivity contribution >= 4 is 24.0 Å². The van der Waals surface area contributed by atoms with Gasteiger partial charge in [-0.3, -0.25) is 9.59 Å². The Morgan fingerprint density at radius 2 is 1.91 bits per heavy atom. The fourth-order valence-electron chi connectivity index (χ4n) is 3.24. The van der Waals surface area contributed by atoms with E-state index >= 15 is 0 Å². The standard InChI is InChI=1S/C24H37N3O5/c1-8-11-16(3)25-21(29)20(18-13-10-12-17(9-2)14-18)27(7)22(30)19(15-28)26-23(31)32-24(4,5)6/h9-10,12-14,16,19-20,28H,2,8,11,15H2,1,3-7H3,(H,25,29)(H,26,31). The molecular weight excluding hydrogens is 410 g/mol. The lowest BCUT2D eigenvalue weighted by molar-refractivity contribution is -0.141. The van der Waals surface area contributed by atoms with Gasteiger partial charge in [0.05, 0.1) is 6.61 Å². The van der Waals surface area contributed by atoms with Crippen molar-refractivity contribution in [3.05, 3.63) is 42.0 Å². The van der Waals surface area contributed by atoms with Crippen molar-refractivity contribution in [2.75, 3.05) is 13.7 Å². The number of hydrogen-bond donors (Lipinski definition) is 3. The van der Waals surface area contributed by atoms with E-state index in [2.05, 4.69) is 17.2 Å². The van der Waals surface area contributed by atoms with Crippen LogP contribution in [0.5, 0.6) is 0 Å². The number of likely N-dealkylation sites (N-methyl/N-ethyl adjacent to an activating group) is 1. The number of amides is 3. The van der Waals surface area contributed by atoms with Crippen LogP contribution in [-0.4, -0.2) is 59.3 Å². The minimum absolute atomic E-state index is 0.0744. The Bertz CT molecular complexity index is 803. The molecule has 3 N–H and O–H groups in total. The number of ether oxygens (including phenoxy) is 1. The number of alkyl carbamates (subject to hydrolysis) is 1. The number of carbonyl (C=O) groups is 3. The molecule has 0 aliphatic heterocycles. The summed E-state index contributed by atoms with van der Waals surface area (Å²) in [7, 11) is 1.47. The zero-order chi connectivity index (χ0) is 24.5. The van der Waals surface area contributed by atoms with Crippen molar-refractivity contribution in [3.8, 4) is 0 Å². The van der Waals surface area contributed by atoms with Crippen LogP contribution < -0.4 is 10.6 Å². The molecule has 3 atom stereocenters. The third-order valence-electron chi connectivity index (χ3n) is 4.73. The second kappa shape index (κ2) is 12.2. The molecule has 1 aromatic carbocycles. The molecule has 178 valence electrons. The number of carbonyl (C=O) groups excluding carboxylic acids is 3. The van der Waals surface area contributed by atoms with E-state index in [1.54, 1.807) is 45.0 Å². The topological polar surface area (TPSA) is 108 Å². The summed E-state index contributed by atoms with van der Waals surface area (Å²) in [6.07, 6.45) is 2.52. The quantitative estimate of drug-likeness (QED) is 0.511. The van der Waals surface area contributed by atoms with Gasteiger partial charge >= 0.3 is 6.09 Å². The fourth-order valence-corrected chi connectivity index (χ4v) is 3.24. The third kappa shape index (κ3) is 8.34. The Balaban J connectivity index is 3.20. The van der Waals surface area contributed by atoms with E-state index in [4.69, 9.17) is 4.74 Å². The van der Waals surface area contributed by atoms with Crippen LogP contribution in [0.2, 0.25) is 0 Å². The van der Waals surface area contributed by atoms with Gasteiger partial charge in [-0.1, -0.05) is 44.2 Å². The van der Waals surface area contributed by atoms with Crippen molar-refractivity contribution < 1.29 is 24.2 Å². The molecule has 0 aromatic heterocycles. The molecule has 0 radical (unpaired) electrons. The average Bonchev–Trinajstić information content (AvgIpc) is 2.70. The van der Waals surface area contributed by atoms with Gasteiger partial charge in [0.1, 0.15) is 17.7 Å². The lowest BCUT2D eigenvalue weighted by Gasteiger charge is -2.32. The summed E-state index contributed by atoms with van der Waals surface area (Å²) < 4.78 is 5.18. The summed E-state index contributed by atoms with van der Waals surface area (Å²) in [6, 6.07) is 4.85. The highest BCUT2D eigenvalue weighted by atomic mass is 16.6. The molecule has 0 heterocycles. The van der Waals surface area contributed by atoms with Crippen LogP contribution >= 0.6 is 0 Å². The first-order chi connectivity index (χ1) is 14.9. The van der Waals surface area contributed by atoms with E-state index in [-0.39, 0.29) is 11.9 Å². The molecule has 0 saturated heterocycles. The molecule has 32 heavy (non-hydrogen) atoms. The number of nitrogens with zero attached hydrogens (tertiary/aromatic N) is 1. The van der Waals surface area contributed by atoms with Gasteiger partial charge in [0.2, 0.25) is 11.8 Å². The van der Waals surface area contributed by atoms with E-state index in [1.807, 2.05) is 19.9 Å². The van der Waals surface area contributed by atoms with E-state index < -0.39 is 36.3 Å². The molecule has 0 fully saturated rings. The summed E-state index contributed by atoms with van der Waals surface area (Å²) in [6.45, 7) is 12.1. The summed E-state index contributed by atoms with van der Waals surface area (Å²) in [5, 5.41) is 15.1. The molecule has 0 saturated carbocycles. The number of hydrogen-bond acceptors (Lipinski definition) is 5. The first-order valence-corrected chi connectivity index (χ1v) is 10.8. The molecule has 8 nitrogen and oxygen atoms in total. The molecule has 0 aliphatic rings. The van der Waals surface area contributed by atoms with Crippen molar-refractivity contribution in [2.45, 2.75) is 71.2 Å². The minimum Gasteiger partial charge on any atom is -0.444 e. The highest BCUT2D eigenvalue weighted by Gasteiger charge is 2.34. The first-order valence-electron chi connectivity index (χ1n) is 10.8. The van der Waals surface area contributed by atoms with Crippen molar-refractivity contribution in [1.82, 2.24) is 15.5 Å².